The molecule has 0 aliphatic carbocycles. The van der Waals surface area contributed by atoms with Crippen molar-refractivity contribution in [2.75, 3.05) is 6.61 Å². The van der Waals surface area contributed by atoms with E-state index in [0.29, 0.717) is 12.6 Å². The zero-order valence-corrected chi connectivity index (χ0v) is 12.1. The van der Waals surface area contributed by atoms with Gasteiger partial charge < -0.3 is 15.2 Å². The molecule has 6 nitrogen and oxygen atoms in total. The summed E-state index contributed by atoms with van der Waals surface area (Å²) in [5, 5.41) is 16.4. The van der Waals surface area contributed by atoms with Crippen molar-refractivity contribution in [3.63, 3.8) is 0 Å². The number of carboxylic acids is 1. The van der Waals surface area contributed by atoms with Gasteiger partial charge in [-0.3, -0.25) is 4.68 Å². The van der Waals surface area contributed by atoms with Gasteiger partial charge in [-0.25, -0.2) is 4.79 Å². The fourth-order valence-electron chi connectivity index (χ4n) is 2.63. The Balaban J connectivity index is 1.93. The van der Waals surface area contributed by atoms with E-state index in [-0.39, 0.29) is 11.8 Å². The van der Waals surface area contributed by atoms with Gasteiger partial charge in [0, 0.05) is 26.2 Å². The smallest absolute Gasteiger partial charge is 0.356 e. The first kappa shape index (κ1) is 15.0. The van der Waals surface area contributed by atoms with Crippen LogP contribution in [-0.4, -0.2) is 39.6 Å². The number of aromatic carboxylic acids is 1. The van der Waals surface area contributed by atoms with Crippen molar-refractivity contribution in [3.05, 3.63) is 17.5 Å². The summed E-state index contributed by atoms with van der Waals surface area (Å²) in [6, 6.07) is 1.92. The Kier molecular flexibility index (Phi) is 5.14. The van der Waals surface area contributed by atoms with Crippen LogP contribution in [0.1, 0.15) is 48.8 Å². The van der Waals surface area contributed by atoms with E-state index in [1.165, 1.54) is 6.42 Å². The Morgan fingerprint density at radius 2 is 2.45 bits per heavy atom. The van der Waals surface area contributed by atoms with E-state index >= 15 is 0 Å². The second-order valence-electron chi connectivity index (χ2n) is 5.25. The normalized spacial score (nSPS) is 20.8. The maximum absolute atomic E-state index is 10.9. The van der Waals surface area contributed by atoms with E-state index in [1.54, 1.807) is 17.8 Å². The lowest BCUT2D eigenvalue weighted by Crippen LogP contribution is -2.42. The molecule has 2 rings (SSSR count). The zero-order valence-electron chi connectivity index (χ0n) is 12.1. The molecule has 20 heavy (non-hydrogen) atoms. The molecule has 0 radical (unpaired) electrons. The first-order valence-electron chi connectivity index (χ1n) is 7.23. The highest BCUT2D eigenvalue weighted by molar-refractivity contribution is 5.85. The number of nitrogens with one attached hydrogen (secondary N) is 1. The molecule has 2 unspecified atom stereocenters. The van der Waals surface area contributed by atoms with Crippen molar-refractivity contribution < 1.29 is 14.6 Å². The van der Waals surface area contributed by atoms with Crippen molar-refractivity contribution in [2.45, 2.75) is 51.3 Å². The van der Waals surface area contributed by atoms with Gasteiger partial charge in [-0.05, 0) is 31.7 Å². The van der Waals surface area contributed by atoms with Crippen LogP contribution in [0.15, 0.2) is 6.07 Å². The molecule has 2 heterocycles. The third kappa shape index (κ3) is 3.58. The molecular weight excluding hydrogens is 258 g/mol. The topological polar surface area (TPSA) is 76.4 Å². The number of aryl methyl sites for hydroxylation is 1. The second kappa shape index (κ2) is 6.85. The molecule has 1 aromatic rings. The molecule has 1 saturated heterocycles. The maximum Gasteiger partial charge on any atom is 0.356 e. The van der Waals surface area contributed by atoms with E-state index < -0.39 is 5.97 Å². The molecule has 2 N–H and O–H groups in total. The number of carbonyl (C=O) groups is 1. The van der Waals surface area contributed by atoms with E-state index in [2.05, 4.69) is 17.3 Å². The fourth-order valence-corrected chi connectivity index (χ4v) is 2.63. The summed E-state index contributed by atoms with van der Waals surface area (Å²) in [5.41, 5.74) is 0.961. The summed E-state index contributed by atoms with van der Waals surface area (Å²) in [6.07, 6.45) is 4.72. The zero-order chi connectivity index (χ0) is 14.5. The van der Waals surface area contributed by atoms with Gasteiger partial charge in [0.1, 0.15) is 0 Å². The van der Waals surface area contributed by atoms with Gasteiger partial charge in [0.2, 0.25) is 0 Å². The number of rotatable bonds is 6. The first-order valence-corrected chi connectivity index (χ1v) is 7.23. The summed E-state index contributed by atoms with van der Waals surface area (Å²) in [5.74, 6) is -0.991. The van der Waals surface area contributed by atoms with Gasteiger partial charge in [0.05, 0.1) is 11.8 Å². The van der Waals surface area contributed by atoms with E-state index in [9.17, 15) is 4.79 Å². The highest BCUT2D eigenvalue weighted by Crippen LogP contribution is 2.18. The van der Waals surface area contributed by atoms with Crippen molar-refractivity contribution in [3.8, 4) is 0 Å². The van der Waals surface area contributed by atoms with Crippen LogP contribution in [0.4, 0.5) is 0 Å². The monoisotopic (exact) mass is 281 g/mol. The summed E-state index contributed by atoms with van der Waals surface area (Å²) >= 11 is 0. The van der Waals surface area contributed by atoms with E-state index in [1.807, 2.05) is 0 Å². The summed E-state index contributed by atoms with van der Waals surface area (Å²) in [7, 11) is 1.77. The van der Waals surface area contributed by atoms with Crippen molar-refractivity contribution in [1.29, 1.82) is 0 Å². The Morgan fingerprint density at radius 3 is 3.00 bits per heavy atom. The largest absolute Gasteiger partial charge is 0.476 e. The third-order valence-corrected chi connectivity index (χ3v) is 3.84. The third-order valence-electron chi connectivity index (χ3n) is 3.84. The molecule has 6 heteroatoms. The van der Waals surface area contributed by atoms with Crippen LogP contribution in [0.3, 0.4) is 0 Å². The molecule has 112 valence electrons. The van der Waals surface area contributed by atoms with Gasteiger partial charge in [-0.1, -0.05) is 6.92 Å². The van der Waals surface area contributed by atoms with Crippen LogP contribution in [0.5, 0.6) is 0 Å². The second-order valence-corrected chi connectivity index (χ2v) is 5.25. The minimum atomic E-state index is -0.991. The van der Waals surface area contributed by atoms with Crippen LogP contribution in [0, 0.1) is 0 Å². The van der Waals surface area contributed by atoms with Crippen LogP contribution in [-0.2, 0) is 18.3 Å². The van der Waals surface area contributed by atoms with E-state index in [4.69, 9.17) is 9.84 Å². The van der Waals surface area contributed by atoms with Gasteiger partial charge in [0.15, 0.2) is 5.69 Å². The van der Waals surface area contributed by atoms with E-state index in [0.717, 1.165) is 31.6 Å². The minimum Gasteiger partial charge on any atom is -0.476 e. The fraction of sp³-hybridized carbons (Fsp3) is 0.714. The van der Waals surface area contributed by atoms with Crippen LogP contribution in [0.2, 0.25) is 0 Å². The molecule has 1 aliphatic rings. The minimum absolute atomic E-state index is 0.0891. The Labute approximate surface area is 119 Å². The predicted octanol–water partition coefficient (Wildman–Crippen LogP) is 1.56. The number of carboxylic acid groups (broad SMARTS) is 1. The predicted molar refractivity (Wildman–Crippen MR) is 74.7 cm³/mol. The van der Waals surface area contributed by atoms with Gasteiger partial charge >= 0.3 is 5.97 Å². The first-order chi connectivity index (χ1) is 9.61. The van der Waals surface area contributed by atoms with Crippen LogP contribution >= 0.6 is 0 Å². The van der Waals surface area contributed by atoms with Gasteiger partial charge in [0.25, 0.3) is 0 Å². The maximum atomic E-state index is 10.9. The number of hydrogen-bond acceptors (Lipinski definition) is 4. The lowest BCUT2D eigenvalue weighted by molar-refractivity contribution is -0.00882. The van der Waals surface area contributed by atoms with Crippen molar-refractivity contribution >= 4 is 5.97 Å². The molecule has 0 saturated carbocycles. The molecule has 0 bridgehead atoms. The lowest BCUT2D eigenvalue weighted by atomic mass is 10.00. The summed E-state index contributed by atoms with van der Waals surface area (Å²) in [4.78, 5) is 10.9. The molecule has 1 fully saturated rings. The molecule has 1 aromatic heterocycles. The Bertz CT molecular complexity index is 453. The average Bonchev–Trinajstić information content (AvgIpc) is 2.82. The molecule has 0 amide bonds. The number of hydrogen-bond donors (Lipinski definition) is 2. The SMILES string of the molecule is CCC(NCc1cc(C(=O)O)nn1C)C1CCCCO1. The van der Waals surface area contributed by atoms with Crippen molar-refractivity contribution in [1.82, 2.24) is 15.1 Å². The molecule has 0 aromatic carbocycles. The number of aromatic nitrogens is 2. The number of ether oxygens (including phenoxy) is 1. The van der Waals surface area contributed by atoms with Crippen molar-refractivity contribution in [2.24, 2.45) is 7.05 Å². The molecule has 2 atom stereocenters. The molecule has 1 aliphatic heterocycles. The summed E-state index contributed by atoms with van der Waals surface area (Å²) < 4.78 is 7.43. The number of nitrogens with zero attached hydrogens (tertiary/aromatic N) is 2. The van der Waals surface area contributed by atoms with Crippen LogP contribution < -0.4 is 5.32 Å². The molecule has 0 spiro atoms. The Hall–Kier alpha value is -1.40. The standard InChI is InChI=1S/C14H23N3O3/c1-3-11(13-6-4-5-7-20-13)15-9-10-8-12(14(18)19)16-17(10)2/h8,11,13,15H,3-7,9H2,1-2H3,(H,18,19). The Morgan fingerprint density at radius 1 is 1.65 bits per heavy atom. The average molecular weight is 281 g/mol. The highest BCUT2D eigenvalue weighted by atomic mass is 16.5. The van der Waals surface area contributed by atoms with Gasteiger partial charge in [-0.2, -0.15) is 5.10 Å². The van der Waals surface area contributed by atoms with Crippen LogP contribution in [0.25, 0.3) is 0 Å². The molecular formula is C14H23N3O3. The lowest BCUT2D eigenvalue weighted by Gasteiger charge is -2.30. The highest BCUT2D eigenvalue weighted by Gasteiger charge is 2.23. The van der Waals surface area contributed by atoms with Gasteiger partial charge in [-0.15, -0.1) is 0 Å². The summed E-state index contributed by atoms with van der Waals surface area (Å²) in [6.45, 7) is 3.59. The quantitative estimate of drug-likeness (QED) is 0.827.